The lowest BCUT2D eigenvalue weighted by atomic mass is 9.95. The summed E-state index contributed by atoms with van der Waals surface area (Å²) >= 11 is 0. The largest absolute Gasteiger partial charge is 0.497 e. The van der Waals surface area contributed by atoms with Gasteiger partial charge in [-0.2, -0.15) is 0 Å². The highest BCUT2D eigenvalue weighted by Gasteiger charge is 2.29. The van der Waals surface area contributed by atoms with E-state index in [2.05, 4.69) is 16.0 Å². The van der Waals surface area contributed by atoms with Gasteiger partial charge in [-0.3, -0.25) is 14.4 Å². The van der Waals surface area contributed by atoms with Crippen molar-refractivity contribution in [2.24, 2.45) is 0 Å². The van der Waals surface area contributed by atoms with Gasteiger partial charge < -0.3 is 34.9 Å². The molecule has 43 heavy (non-hydrogen) atoms. The van der Waals surface area contributed by atoms with E-state index in [1.54, 1.807) is 40.6 Å². The molecule has 4 rings (SSSR count). The standard InChI is InChI=1S/C33H39N3O7/c1-20(37)36-26-14-10-22-17-29(41-3)32(42-4)33(43-5)31(22)24-13-15-27(28(38)18-25(24)26)34-16-6-7-30(39)35-19-21-8-11-23(40-2)12-9-21/h8-9,11-13,15,17-18,26H,6-7,10,14,16,19H2,1-5H3,(H,34,38)(H,35,39)(H,36,37). The van der Waals surface area contributed by atoms with Crippen LogP contribution >= 0.6 is 0 Å². The van der Waals surface area contributed by atoms with E-state index in [1.165, 1.54) is 6.92 Å². The van der Waals surface area contributed by atoms with Crippen LogP contribution in [0.4, 0.5) is 5.69 Å². The smallest absolute Gasteiger partial charge is 0.220 e. The van der Waals surface area contributed by atoms with E-state index in [9.17, 15) is 14.4 Å². The fourth-order valence-corrected chi connectivity index (χ4v) is 5.36. The highest BCUT2D eigenvalue weighted by atomic mass is 16.5. The minimum absolute atomic E-state index is 0.0727. The van der Waals surface area contributed by atoms with E-state index in [-0.39, 0.29) is 23.3 Å². The maximum Gasteiger partial charge on any atom is 0.220 e. The van der Waals surface area contributed by atoms with Crippen molar-refractivity contribution in [2.45, 2.75) is 45.2 Å². The molecular formula is C33H39N3O7. The summed E-state index contributed by atoms with van der Waals surface area (Å²) in [5.41, 5.74) is 4.35. The number of amides is 2. The third kappa shape index (κ3) is 7.38. The van der Waals surface area contributed by atoms with Gasteiger partial charge in [0.2, 0.25) is 23.0 Å². The van der Waals surface area contributed by atoms with Crippen molar-refractivity contribution >= 4 is 17.5 Å². The Morgan fingerprint density at radius 2 is 1.65 bits per heavy atom. The third-order valence-corrected chi connectivity index (χ3v) is 7.46. The Morgan fingerprint density at radius 3 is 2.30 bits per heavy atom. The lowest BCUT2D eigenvalue weighted by Crippen LogP contribution is -2.26. The molecule has 0 bridgehead atoms. The van der Waals surface area contributed by atoms with Crippen LogP contribution in [0.2, 0.25) is 0 Å². The maximum absolute atomic E-state index is 13.4. The molecule has 0 aromatic heterocycles. The monoisotopic (exact) mass is 589 g/mol. The Morgan fingerprint density at radius 1 is 0.907 bits per heavy atom. The molecule has 228 valence electrons. The highest BCUT2D eigenvalue weighted by molar-refractivity contribution is 5.84. The Labute approximate surface area is 251 Å². The minimum atomic E-state index is -0.385. The number of nitrogens with one attached hydrogen (secondary N) is 3. The number of hydrogen-bond acceptors (Lipinski definition) is 8. The van der Waals surface area contributed by atoms with Gasteiger partial charge in [0.1, 0.15) is 5.75 Å². The van der Waals surface area contributed by atoms with Gasteiger partial charge in [-0.05, 0) is 71.8 Å². The first kappa shape index (κ1) is 31.2. The molecule has 1 aliphatic rings. The SMILES string of the molecule is COc1ccc(CNC(=O)CCCNc2ccc3c(cc2=O)C(NC(C)=O)CCc2cc(OC)c(OC)c(OC)c2-3)cc1. The highest BCUT2D eigenvalue weighted by Crippen LogP contribution is 2.50. The summed E-state index contributed by atoms with van der Waals surface area (Å²) in [5.74, 6) is 1.99. The van der Waals surface area contributed by atoms with Crippen LogP contribution < -0.4 is 40.3 Å². The number of anilines is 1. The Balaban J connectivity index is 1.55. The zero-order valence-corrected chi connectivity index (χ0v) is 25.3. The molecule has 10 nitrogen and oxygen atoms in total. The molecule has 3 aromatic carbocycles. The fraction of sp³-hybridized carbons (Fsp3) is 0.364. The second-order valence-electron chi connectivity index (χ2n) is 10.3. The average molecular weight is 590 g/mol. The first-order valence-electron chi connectivity index (χ1n) is 14.2. The van der Waals surface area contributed by atoms with Crippen LogP contribution in [0.3, 0.4) is 0 Å². The lowest BCUT2D eigenvalue weighted by Gasteiger charge is -2.19. The summed E-state index contributed by atoms with van der Waals surface area (Å²) in [6.07, 6.45) is 2.04. The van der Waals surface area contributed by atoms with E-state index in [1.807, 2.05) is 36.4 Å². The molecule has 3 aromatic rings. The quantitative estimate of drug-likeness (QED) is 0.266. The summed E-state index contributed by atoms with van der Waals surface area (Å²) in [6.45, 7) is 2.32. The molecule has 1 aliphatic carbocycles. The molecule has 0 heterocycles. The van der Waals surface area contributed by atoms with Crippen LogP contribution in [0.25, 0.3) is 11.1 Å². The van der Waals surface area contributed by atoms with Gasteiger partial charge >= 0.3 is 0 Å². The molecule has 0 radical (unpaired) electrons. The molecule has 1 atom stereocenters. The van der Waals surface area contributed by atoms with Gasteiger partial charge in [0.15, 0.2) is 11.5 Å². The molecular weight excluding hydrogens is 550 g/mol. The second-order valence-corrected chi connectivity index (χ2v) is 10.3. The maximum atomic E-state index is 13.4. The second kappa shape index (κ2) is 14.4. The Kier molecular flexibility index (Phi) is 10.5. The van der Waals surface area contributed by atoms with Crippen molar-refractivity contribution < 1.29 is 28.5 Å². The van der Waals surface area contributed by atoms with Gasteiger partial charge in [-0.1, -0.05) is 18.2 Å². The van der Waals surface area contributed by atoms with Crippen LogP contribution in [0.1, 0.15) is 48.9 Å². The van der Waals surface area contributed by atoms with Crippen molar-refractivity contribution in [2.75, 3.05) is 40.3 Å². The van der Waals surface area contributed by atoms with E-state index >= 15 is 0 Å². The summed E-state index contributed by atoms with van der Waals surface area (Å²) in [6, 6.07) is 14.2. The lowest BCUT2D eigenvalue weighted by molar-refractivity contribution is -0.121. The normalized spacial score (nSPS) is 13.5. The van der Waals surface area contributed by atoms with Crippen LogP contribution in [0.5, 0.6) is 23.0 Å². The number of ether oxygens (including phenoxy) is 4. The number of methoxy groups -OCH3 is 4. The number of benzene rings is 2. The summed E-state index contributed by atoms with van der Waals surface area (Å²) in [7, 11) is 6.29. The van der Waals surface area contributed by atoms with Gasteiger partial charge in [-0.25, -0.2) is 0 Å². The van der Waals surface area contributed by atoms with E-state index < -0.39 is 0 Å². The molecule has 10 heteroatoms. The first-order chi connectivity index (χ1) is 20.8. The van der Waals surface area contributed by atoms with Crippen LogP contribution in [0.15, 0.2) is 53.3 Å². The predicted octanol–water partition coefficient (Wildman–Crippen LogP) is 4.38. The van der Waals surface area contributed by atoms with Gasteiger partial charge in [0, 0.05) is 32.0 Å². The third-order valence-electron chi connectivity index (χ3n) is 7.46. The van der Waals surface area contributed by atoms with Crippen molar-refractivity contribution in [1.29, 1.82) is 0 Å². The molecule has 3 N–H and O–H groups in total. The molecule has 0 saturated heterocycles. The average Bonchev–Trinajstić information content (AvgIpc) is 3.25. The topological polar surface area (TPSA) is 124 Å². The number of aryl methyl sites for hydroxylation is 1. The number of fused-ring (bicyclic) bond motifs is 3. The predicted molar refractivity (Wildman–Crippen MR) is 165 cm³/mol. The minimum Gasteiger partial charge on any atom is -0.497 e. The van der Waals surface area contributed by atoms with Crippen molar-refractivity contribution in [1.82, 2.24) is 10.6 Å². The van der Waals surface area contributed by atoms with E-state index in [0.717, 1.165) is 28.0 Å². The van der Waals surface area contributed by atoms with Crippen LogP contribution in [-0.2, 0) is 22.6 Å². The van der Waals surface area contributed by atoms with Gasteiger partial charge in [0.05, 0.1) is 40.2 Å². The van der Waals surface area contributed by atoms with Gasteiger partial charge in [0.25, 0.3) is 0 Å². The molecule has 0 saturated carbocycles. The zero-order valence-electron chi connectivity index (χ0n) is 25.3. The van der Waals surface area contributed by atoms with Crippen LogP contribution in [-0.4, -0.2) is 46.8 Å². The molecule has 1 unspecified atom stereocenters. The van der Waals surface area contributed by atoms with Crippen molar-refractivity contribution in [3.63, 3.8) is 0 Å². The number of rotatable bonds is 12. The molecule has 0 spiro atoms. The number of carbonyl (C=O) groups is 2. The summed E-state index contributed by atoms with van der Waals surface area (Å²) < 4.78 is 22.2. The number of hydrogen-bond donors (Lipinski definition) is 3. The molecule has 0 fully saturated rings. The Bertz CT molecular complexity index is 1520. The molecule has 0 aliphatic heterocycles. The number of carbonyl (C=O) groups excluding carboxylic acids is 2. The van der Waals surface area contributed by atoms with Crippen molar-refractivity contribution in [3.8, 4) is 34.1 Å². The first-order valence-corrected chi connectivity index (χ1v) is 14.2. The Hall–Kier alpha value is -4.73. The van der Waals surface area contributed by atoms with E-state index in [4.69, 9.17) is 18.9 Å². The summed E-state index contributed by atoms with van der Waals surface area (Å²) in [5, 5.41) is 9.12. The van der Waals surface area contributed by atoms with E-state index in [0.29, 0.717) is 67.3 Å². The molecule has 2 amide bonds. The zero-order chi connectivity index (χ0) is 30.9. The van der Waals surface area contributed by atoms with Crippen molar-refractivity contribution in [3.05, 3.63) is 75.4 Å². The fourth-order valence-electron chi connectivity index (χ4n) is 5.36. The van der Waals surface area contributed by atoms with Crippen LogP contribution in [0, 0.1) is 0 Å². The summed E-state index contributed by atoms with van der Waals surface area (Å²) in [4.78, 5) is 37.9. The van der Waals surface area contributed by atoms with Gasteiger partial charge in [-0.15, -0.1) is 0 Å².